The van der Waals surface area contributed by atoms with Crippen LogP contribution >= 0.6 is 38.5 Å². The first-order valence-electron chi connectivity index (χ1n) is 6.12. The maximum atomic E-state index is 5.73. The van der Waals surface area contributed by atoms with Crippen molar-refractivity contribution in [2.45, 2.75) is 38.1 Å². The molecule has 1 saturated carbocycles. The van der Waals surface area contributed by atoms with E-state index in [1.165, 1.54) is 34.8 Å². The van der Waals surface area contributed by atoms with Gasteiger partial charge in [0.25, 0.3) is 0 Å². The summed E-state index contributed by atoms with van der Waals surface area (Å²) in [7, 11) is 0. The zero-order valence-electron chi connectivity index (χ0n) is 9.76. The van der Waals surface area contributed by atoms with E-state index < -0.39 is 0 Å². The average molecular weight is 409 g/mol. The number of rotatable bonds is 4. The van der Waals surface area contributed by atoms with E-state index in [4.69, 9.17) is 5.84 Å². The first-order chi connectivity index (χ1) is 8.20. The van der Waals surface area contributed by atoms with Gasteiger partial charge in [-0.25, -0.2) is 0 Å². The number of nitrogens with one attached hydrogen (secondary N) is 1. The van der Waals surface area contributed by atoms with E-state index in [0.717, 1.165) is 16.8 Å². The largest absolute Gasteiger partial charge is 0.271 e. The number of halogens is 2. The van der Waals surface area contributed by atoms with Crippen LogP contribution in [0.2, 0.25) is 0 Å². The first kappa shape index (κ1) is 13.8. The predicted molar refractivity (Wildman–Crippen MR) is 83.5 cm³/mol. The standard InChI is InChI=1S/C13H18BrIN2/c14-10-5-6-12(15)11(8-10)13(17-16)7-9-3-1-2-4-9/h5-6,8-9,13,17H,1-4,7,16H2. The number of hydrogen-bond donors (Lipinski definition) is 2. The molecule has 1 aliphatic rings. The molecule has 0 spiro atoms. The molecule has 0 bridgehead atoms. The van der Waals surface area contributed by atoms with Crippen molar-refractivity contribution < 1.29 is 0 Å². The molecule has 1 aromatic carbocycles. The molecule has 1 fully saturated rings. The predicted octanol–water partition coefficient (Wildman–Crippen LogP) is 4.14. The number of nitrogens with two attached hydrogens (primary N) is 1. The van der Waals surface area contributed by atoms with E-state index >= 15 is 0 Å². The summed E-state index contributed by atoms with van der Waals surface area (Å²) in [4.78, 5) is 0. The minimum absolute atomic E-state index is 0.280. The van der Waals surface area contributed by atoms with E-state index in [2.05, 4.69) is 62.1 Å². The van der Waals surface area contributed by atoms with Crippen LogP contribution in [0.15, 0.2) is 22.7 Å². The van der Waals surface area contributed by atoms with E-state index in [0.29, 0.717) is 0 Å². The van der Waals surface area contributed by atoms with Crippen LogP contribution in [0, 0.1) is 9.49 Å². The highest BCUT2D eigenvalue weighted by molar-refractivity contribution is 14.1. The smallest absolute Gasteiger partial charge is 0.0473 e. The van der Waals surface area contributed by atoms with Crippen molar-refractivity contribution >= 4 is 38.5 Å². The van der Waals surface area contributed by atoms with Crippen LogP contribution in [0.1, 0.15) is 43.7 Å². The maximum Gasteiger partial charge on any atom is 0.0473 e. The maximum absolute atomic E-state index is 5.73. The lowest BCUT2D eigenvalue weighted by Gasteiger charge is -2.21. The Kier molecular flexibility index (Phi) is 5.26. The van der Waals surface area contributed by atoms with Crippen molar-refractivity contribution in [3.05, 3.63) is 31.8 Å². The zero-order chi connectivity index (χ0) is 12.3. The SMILES string of the molecule is NNC(CC1CCCC1)c1cc(Br)ccc1I. The van der Waals surface area contributed by atoms with Crippen LogP contribution in [0.25, 0.3) is 0 Å². The highest BCUT2D eigenvalue weighted by Gasteiger charge is 2.21. The molecule has 17 heavy (non-hydrogen) atoms. The third-order valence-corrected chi connectivity index (χ3v) is 5.05. The molecule has 1 aliphatic carbocycles. The normalized spacial score (nSPS) is 18.5. The van der Waals surface area contributed by atoms with Crippen LogP contribution in [-0.2, 0) is 0 Å². The molecule has 4 heteroatoms. The van der Waals surface area contributed by atoms with Gasteiger partial charge in [0.05, 0.1) is 0 Å². The van der Waals surface area contributed by atoms with Crippen molar-refractivity contribution in [3.8, 4) is 0 Å². The molecule has 0 amide bonds. The molecule has 0 saturated heterocycles. The van der Waals surface area contributed by atoms with Crippen molar-refractivity contribution in [2.75, 3.05) is 0 Å². The third-order valence-electron chi connectivity index (χ3n) is 3.58. The second kappa shape index (κ2) is 6.50. The van der Waals surface area contributed by atoms with E-state index in [-0.39, 0.29) is 6.04 Å². The van der Waals surface area contributed by atoms with Gasteiger partial charge in [-0.2, -0.15) is 0 Å². The van der Waals surface area contributed by atoms with Crippen LogP contribution in [0.3, 0.4) is 0 Å². The Balaban J connectivity index is 2.13. The molecule has 0 aliphatic heterocycles. The minimum atomic E-state index is 0.280. The van der Waals surface area contributed by atoms with Gasteiger partial charge in [-0.3, -0.25) is 11.3 Å². The van der Waals surface area contributed by atoms with Crippen molar-refractivity contribution in [1.29, 1.82) is 0 Å². The Bertz CT molecular complexity index is 378. The molecule has 1 aromatic rings. The second-order valence-electron chi connectivity index (χ2n) is 4.77. The van der Waals surface area contributed by atoms with Gasteiger partial charge in [0.1, 0.15) is 0 Å². The van der Waals surface area contributed by atoms with Crippen LogP contribution < -0.4 is 11.3 Å². The van der Waals surface area contributed by atoms with Crippen molar-refractivity contribution in [3.63, 3.8) is 0 Å². The molecule has 0 heterocycles. The molecular formula is C13H18BrIN2. The van der Waals surface area contributed by atoms with Gasteiger partial charge in [0, 0.05) is 14.1 Å². The summed E-state index contributed by atoms with van der Waals surface area (Å²) in [5.41, 5.74) is 4.30. The highest BCUT2D eigenvalue weighted by Crippen LogP contribution is 2.34. The molecule has 94 valence electrons. The van der Waals surface area contributed by atoms with Gasteiger partial charge < -0.3 is 0 Å². The van der Waals surface area contributed by atoms with Gasteiger partial charge in [0.2, 0.25) is 0 Å². The first-order valence-corrected chi connectivity index (χ1v) is 7.99. The third kappa shape index (κ3) is 3.66. The Labute approximate surface area is 125 Å². The molecule has 0 aromatic heterocycles. The summed E-state index contributed by atoms with van der Waals surface area (Å²) in [5, 5.41) is 0. The van der Waals surface area contributed by atoms with E-state index in [1.807, 2.05) is 0 Å². The molecule has 1 unspecified atom stereocenters. The van der Waals surface area contributed by atoms with Gasteiger partial charge in [-0.05, 0) is 58.7 Å². The molecule has 3 N–H and O–H groups in total. The summed E-state index contributed by atoms with van der Waals surface area (Å²) in [6.07, 6.45) is 6.66. The lowest BCUT2D eigenvalue weighted by atomic mass is 9.94. The number of benzene rings is 1. The second-order valence-corrected chi connectivity index (χ2v) is 6.85. The Hall–Kier alpha value is 0.350. The van der Waals surface area contributed by atoms with E-state index in [1.54, 1.807) is 0 Å². The van der Waals surface area contributed by atoms with Crippen LogP contribution in [0.5, 0.6) is 0 Å². The highest BCUT2D eigenvalue weighted by atomic mass is 127. The molecule has 2 rings (SSSR count). The average Bonchev–Trinajstić information content (AvgIpc) is 2.82. The van der Waals surface area contributed by atoms with Gasteiger partial charge in [0.15, 0.2) is 0 Å². The fourth-order valence-corrected chi connectivity index (χ4v) is 3.74. The van der Waals surface area contributed by atoms with Crippen molar-refractivity contribution in [2.24, 2.45) is 11.8 Å². The van der Waals surface area contributed by atoms with Crippen molar-refractivity contribution in [1.82, 2.24) is 5.43 Å². The van der Waals surface area contributed by atoms with Gasteiger partial charge in [-0.1, -0.05) is 41.6 Å². The number of hydrazine groups is 1. The Morgan fingerprint density at radius 1 is 1.41 bits per heavy atom. The summed E-state index contributed by atoms with van der Waals surface area (Å²) < 4.78 is 2.41. The Morgan fingerprint density at radius 2 is 2.12 bits per heavy atom. The summed E-state index contributed by atoms with van der Waals surface area (Å²) in [6, 6.07) is 6.68. The summed E-state index contributed by atoms with van der Waals surface area (Å²) >= 11 is 5.92. The van der Waals surface area contributed by atoms with E-state index in [9.17, 15) is 0 Å². The quantitative estimate of drug-likeness (QED) is 0.446. The molecule has 1 atom stereocenters. The summed E-state index contributed by atoms with van der Waals surface area (Å²) in [5.74, 6) is 6.57. The Morgan fingerprint density at radius 3 is 2.76 bits per heavy atom. The lowest BCUT2D eigenvalue weighted by Crippen LogP contribution is -2.30. The molecule has 2 nitrogen and oxygen atoms in total. The minimum Gasteiger partial charge on any atom is -0.271 e. The fourth-order valence-electron chi connectivity index (χ4n) is 2.65. The van der Waals surface area contributed by atoms with Gasteiger partial charge in [-0.15, -0.1) is 0 Å². The lowest BCUT2D eigenvalue weighted by molar-refractivity contribution is 0.399. The van der Waals surface area contributed by atoms with Gasteiger partial charge >= 0.3 is 0 Å². The molecule has 0 radical (unpaired) electrons. The summed E-state index contributed by atoms with van der Waals surface area (Å²) in [6.45, 7) is 0. The molecular weight excluding hydrogens is 391 g/mol. The van der Waals surface area contributed by atoms with Crippen LogP contribution in [-0.4, -0.2) is 0 Å². The zero-order valence-corrected chi connectivity index (χ0v) is 13.5. The number of hydrogen-bond acceptors (Lipinski definition) is 2. The fraction of sp³-hybridized carbons (Fsp3) is 0.538. The topological polar surface area (TPSA) is 38.0 Å². The monoisotopic (exact) mass is 408 g/mol. The van der Waals surface area contributed by atoms with Crippen LogP contribution in [0.4, 0.5) is 0 Å².